The summed E-state index contributed by atoms with van der Waals surface area (Å²) in [5.41, 5.74) is 3.53. The monoisotopic (exact) mass is 357 g/mol. The van der Waals surface area contributed by atoms with Crippen LogP contribution in [0.5, 0.6) is 0 Å². The number of hydrogen-bond donors (Lipinski definition) is 1. The lowest BCUT2D eigenvalue weighted by Crippen LogP contribution is -2.22. The predicted octanol–water partition coefficient (Wildman–Crippen LogP) is 3.63. The second-order valence-electron chi connectivity index (χ2n) is 6.30. The van der Waals surface area contributed by atoms with Crippen molar-refractivity contribution in [1.29, 1.82) is 0 Å². The Morgan fingerprint density at radius 2 is 1.85 bits per heavy atom. The van der Waals surface area contributed by atoms with Crippen LogP contribution in [0.4, 0.5) is 11.5 Å². The van der Waals surface area contributed by atoms with E-state index >= 15 is 0 Å². The molecule has 0 aliphatic rings. The van der Waals surface area contributed by atoms with Crippen LogP contribution in [0.25, 0.3) is 11.9 Å². The molecule has 2 aromatic heterocycles. The number of benzene rings is 2. The van der Waals surface area contributed by atoms with Gasteiger partial charge in [0.25, 0.3) is 5.78 Å². The third-order valence-electron chi connectivity index (χ3n) is 4.33. The van der Waals surface area contributed by atoms with E-state index in [1.54, 1.807) is 6.08 Å². The molecular weight excluding hydrogens is 338 g/mol. The molecule has 0 radical (unpaired) electrons. The second kappa shape index (κ2) is 6.92. The number of nitrogens with zero attached hydrogens (tertiary/aromatic N) is 4. The number of para-hydroxylation sites is 1. The van der Waals surface area contributed by atoms with Crippen LogP contribution in [0.3, 0.4) is 0 Å². The van der Waals surface area contributed by atoms with Gasteiger partial charge in [-0.1, -0.05) is 55.1 Å². The lowest BCUT2D eigenvalue weighted by Gasteiger charge is -2.06. The number of nitrogens with one attached hydrogen (secondary N) is 1. The second-order valence-corrected chi connectivity index (χ2v) is 6.30. The molecule has 0 bridgehead atoms. The van der Waals surface area contributed by atoms with Crippen LogP contribution >= 0.6 is 0 Å². The average molecular weight is 357 g/mol. The molecule has 0 aliphatic heterocycles. The fourth-order valence-electron chi connectivity index (χ4n) is 2.95. The molecule has 0 saturated heterocycles. The van der Waals surface area contributed by atoms with E-state index in [2.05, 4.69) is 22.0 Å². The van der Waals surface area contributed by atoms with Crippen molar-refractivity contribution in [2.75, 3.05) is 5.32 Å². The van der Waals surface area contributed by atoms with Crippen molar-refractivity contribution in [2.24, 2.45) is 0 Å². The first kappa shape index (κ1) is 16.8. The predicted molar refractivity (Wildman–Crippen MR) is 107 cm³/mol. The minimum absolute atomic E-state index is 0.200. The zero-order valence-electron chi connectivity index (χ0n) is 15.0. The summed E-state index contributed by atoms with van der Waals surface area (Å²) >= 11 is 0. The highest BCUT2D eigenvalue weighted by Gasteiger charge is 2.12. The summed E-state index contributed by atoms with van der Waals surface area (Å²) in [6, 6.07) is 19.5. The summed E-state index contributed by atoms with van der Waals surface area (Å²) in [6.45, 7) is 6.01. The standard InChI is InChI=1S/C21H19N5O/c1-3-16-9-11-17(12-10-16)14-25-21(27)26-15(2)13-19(23-20(26)24-25)22-18-7-5-4-6-8-18/h3-13H,1,14H2,2H3,(H,22,23,24). The summed E-state index contributed by atoms with van der Waals surface area (Å²) in [5.74, 6) is 1.03. The van der Waals surface area contributed by atoms with E-state index < -0.39 is 0 Å². The molecule has 6 nitrogen and oxygen atoms in total. The van der Waals surface area contributed by atoms with E-state index in [1.807, 2.05) is 67.6 Å². The number of aromatic nitrogens is 4. The van der Waals surface area contributed by atoms with Crippen LogP contribution in [-0.4, -0.2) is 19.2 Å². The van der Waals surface area contributed by atoms with E-state index in [4.69, 9.17) is 0 Å². The molecule has 0 saturated carbocycles. The molecule has 2 heterocycles. The fourth-order valence-corrected chi connectivity index (χ4v) is 2.95. The molecule has 0 fully saturated rings. The van der Waals surface area contributed by atoms with E-state index in [0.717, 1.165) is 22.5 Å². The molecule has 0 spiro atoms. The normalized spacial score (nSPS) is 10.9. The van der Waals surface area contributed by atoms with Gasteiger partial charge >= 0.3 is 5.69 Å². The molecule has 0 aliphatic carbocycles. The minimum Gasteiger partial charge on any atom is -0.340 e. The molecule has 134 valence electrons. The highest BCUT2D eigenvalue weighted by atomic mass is 16.2. The molecule has 0 atom stereocenters. The van der Waals surface area contributed by atoms with Crippen LogP contribution < -0.4 is 11.0 Å². The molecule has 27 heavy (non-hydrogen) atoms. The molecule has 1 N–H and O–H groups in total. The van der Waals surface area contributed by atoms with Gasteiger partial charge in [-0.15, -0.1) is 5.10 Å². The van der Waals surface area contributed by atoms with Gasteiger partial charge in [0.2, 0.25) is 0 Å². The smallest absolute Gasteiger partial charge is 0.340 e. The van der Waals surface area contributed by atoms with E-state index in [0.29, 0.717) is 18.1 Å². The average Bonchev–Trinajstić information content (AvgIpc) is 2.99. The van der Waals surface area contributed by atoms with Crippen LogP contribution in [0.15, 0.2) is 72.0 Å². The van der Waals surface area contributed by atoms with Gasteiger partial charge in [-0.05, 0) is 30.2 Å². The van der Waals surface area contributed by atoms with Gasteiger partial charge in [-0.25, -0.2) is 13.9 Å². The van der Waals surface area contributed by atoms with Crippen LogP contribution in [0.2, 0.25) is 0 Å². The van der Waals surface area contributed by atoms with Crippen molar-refractivity contribution in [3.05, 3.63) is 94.5 Å². The molecule has 4 rings (SSSR count). The number of fused-ring (bicyclic) bond motifs is 1. The van der Waals surface area contributed by atoms with E-state index in [9.17, 15) is 4.79 Å². The third kappa shape index (κ3) is 3.37. The zero-order valence-corrected chi connectivity index (χ0v) is 15.0. The molecular formula is C21H19N5O. The first-order chi connectivity index (χ1) is 13.1. The van der Waals surface area contributed by atoms with Crippen molar-refractivity contribution in [3.8, 4) is 0 Å². The van der Waals surface area contributed by atoms with Gasteiger partial charge in [0.1, 0.15) is 5.82 Å². The Morgan fingerprint density at radius 1 is 1.11 bits per heavy atom. The number of anilines is 2. The molecule has 0 unspecified atom stereocenters. The number of rotatable bonds is 5. The Bertz CT molecular complexity index is 1160. The minimum atomic E-state index is -0.200. The van der Waals surface area contributed by atoms with Crippen molar-refractivity contribution in [2.45, 2.75) is 13.5 Å². The highest BCUT2D eigenvalue weighted by Crippen LogP contribution is 2.16. The lowest BCUT2D eigenvalue weighted by molar-refractivity contribution is 0.657. The fraction of sp³-hybridized carbons (Fsp3) is 0.0952. The van der Waals surface area contributed by atoms with Gasteiger partial charge in [0.05, 0.1) is 6.54 Å². The first-order valence-corrected chi connectivity index (χ1v) is 8.65. The summed E-state index contributed by atoms with van der Waals surface area (Å²) in [4.78, 5) is 17.2. The Morgan fingerprint density at radius 3 is 2.56 bits per heavy atom. The molecule has 0 amide bonds. The van der Waals surface area contributed by atoms with Crippen molar-refractivity contribution < 1.29 is 0 Å². The SMILES string of the molecule is C=Cc1ccc(Cn2nc3nc(Nc4ccccc4)cc(C)n3c2=O)cc1. The maximum absolute atomic E-state index is 12.7. The Hall–Kier alpha value is -3.67. The topological polar surface area (TPSA) is 64.2 Å². The van der Waals surface area contributed by atoms with Gasteiger partial charge in [0.15, 0.2) is 0 Å². The van der Waals surface area contributed by atoms with Crippen molar-refractivity contribution in [1.82, 2.24) is 19.2 Å². The summed E-state index contributed by atoms with van der Waals surface area (Å²) in [6.07, 6.45) is 1.79. The van der Waals surface area contributed by atoms with Gasteiger partial charge in [-0.3, -0.25) is 0 Å². The summed E-state index contributed by atoms with van der Waals surface area (Å²) in [5, 5.41) is 7.65. The largest absolute Gasteiger partial charge is 0.352 e. The molecule has 6 heteroatoms. The van der Waals surface area contributed by atoms with Gasteiger partial charge in [0, 0.05) is 17.4 Å². The molecule has 4 aromatic rings. The number of hydrogen-bond acceptors (Lipinski definition) is 4. The van der Waals surface area contributed by atoms with Crippen molar-refractivity contribution >= 4 is 23.4 Å². The van der Waals surface area contributed by atoms with Gasteiger partial charge in [-0.2, -0.15) is 4.98 Å². The van der Waals surface area contributed by atoms with E-state index in [-0.39, 0.29) is 5.69 Å². The highest BCUT2D eigenvalue weighted by molar-refractivity contribution is 5.57. The maximum atomic E-state index is 12.7. The van der Waals surface area contributed by atoms with Gasteiger partial charge < -0.3 is 5.32 Å². The van der Waals surface area contributed by atoms with Crippen LogP contribution in [0.1, 0.15) is 16.8 Å². The molecule has 2 aromatic carbocycles. The third-order valence-corrected chi connectivity index (χ3v) is 4.33. The Kier molecular flexibility index (Phi) is 4.30. The summed E-state index contributed by atoms with van der Waals surface area (Å²) in [7, 11) is 0. The Balaban J connectivity index is 1.68. The summed E-state index contributed by atoms with van der Waals surface area (Å²) < 4.78 is 2.96. The first-order valence-electron chi connectivity index (χ1n) is 8.65. The van der Waals surface area contributed by atoms with Crippen LogP contribution in [0, 0.1) is 6.92 Å². The van der Waals surface area contributed by atoms with Crippen molar-refractivity contribution in [3.63, 3.8) is 0 Å². The number of aryl methyl sites for hydroxylation is 1. The zero-order chi connectivity index (χ0) is 18.8. The Labute approximate surface area is 156 Å². The van der Waals surface area contributed by atoms with E-state index in [1.165, 1.54) is 9.08 Å². The maximum Gasteiger partial charge on any atom is 0.352 e. The lowest BCUT2D eigenvalue weighted by atomic mass is 10.1. The quantitative estimate of drug-likeness (QED) is 0.592. The van der Waals surface area contributed by atoms with Crippen LogP contribution in [-0.2, 0) is 6.54 Å².